The molecule has 0 radical (unpaired) electrons. The Labute approximate surface area is 89.9 Å². The molecule has 0 bridgehead atoms. The van der Waals surface area contributed by atoms with E-state index in [-0.39, 0.29) is 0 Å². The summed E-state index contributed by atoms with van der Waals surface area (Å²) in [4.78, 5) is 2.65. The molecular formula is C13H27N. The number of hydrogen-bond acceptors (Lipinski definition) is 1. The molecule has 84 valence electrons. The smallest absolute Gasteiger partial charge is 0.0125 e. The summed E-state index contributed by atoms with van der Waals surface area (Å²) in [6, 6.07) is 0. The zero-order valence-corrected chi connectivity index (χ0v) is 10.9. The Hall–Kier alpha value is -0.0400. The summed E-state index contributed by atoms with van der Waals surface area (Å²) in [5.41, 5.74) is 0.827. The van der Waals surface area contributed by atoms with Crippen LogP contribution >= 0.6 is 0 Å². The van der Waals surface area contributed by atoms with E-state index in [9.17, 15) is 0 Å². The maximum atomic E-state index is 2.65. The molecular weight excluding hydrogens is 170 g/mol. The van der Waals surface area contributed by atoms with Gasteiger partial charge in [-0.1, -0.05) is 20.8 Å². The Balaban J connectivity index is 2.61. The molecule has 1 heteroatoms. The van der Waals surface area contributed by atoms with Crippen LogP contribution in [0, 0.1) is 11.3 Å². The molecule has 0 spiro atoms. The largest absolute Gasteiger partial charge is 0.298 e. The van der Waals surface area contributed by atoms with E-state index in [2.05, 4.69) is 46.4 Å². The second kappa shape index (κ2) is 3.84. The van der Waals surface area contributed by atoms with Gasteiger partial charge in [0.1, 0.15) is 0 Å². The summed E-state index contributed by atoms with van der Waals surface area (Å²) in [5, 5.41) is 0. The maximum absolute atomic E-state index is 2.65. The van der Waals surface area contributed by atoms with Crippen LogP contribution in [0.15, 0.2) is 0 Å². The molecule has 0 aliphatic carbocycles. The zero-order valence-electron chi connectivity index (χ0n) is 10.9. The highest BCUT2D eigenvalue weighted by Crippen LogP contribution is 2.35. The van der Waals surface area contributed by atoms with Crippen molar-refractivity contribution < 1.29 is 0 Å². The van der Waals surface area contributed by atoms with Gasteiger partial charge in [0.25, 0.3) is 0 Å². The third kappa shape index (κ3) is 2.98. The van der Waals surface area contributed by atoms with Gasteiger partial charge in [-0.05, 0) is 51.5 Å². The van der Waals surface area contributed by atoms with Crippen LogP contribution in [-0.2, 0) is 0 Å². The van der Waals surface area contributed by atoms with Crippen LogP contribution in [0.3, 0.4) is 0 Å². The van der Waals surface area contributed by atoms with Crippen LogP contribution in [0.2, 0.25) is 0 Å². The Morgan fingerprint density at radius 3 is 2.00 bits per heavy atom. The molecule has 1 fully saturated rings. The highest BCUT2D eigenvalue weighted by atomic mass is 15.2. The quantitative estimate of drug-likeness (QED) is 0.574. The fraction of sp³-hybridized carbons (Fsp3) is 1.00. The van der Waals surface area contributed by atoms with Crippen molar-refractivity contribution in [2.75, 3.05) is 13.1 Å². The van der Waals surface area contributed by atoms with Crippen LogP contribution in [0.1, 0.15) is 54.4 Å². The van der Waals surface area contributed by atoms with Crippen molar-refractivity contribution in [3.05, 3.63) is 0 Å². The predicted octanol–water partition coefficient (Wildman–Crippen LogP) is 3.54. The molecule has 1 atom stereocenters. The lowest BCUT2D eigenvalue weighted by molar-refractivity contribution is 0.0388. The summed E-state index contributed by atoms with van der Waals surface area (Å²) in [6.07, 6.45) is 2.79. The van der Waals surface area contributed by atoms with Crippen molar-refractivity contribution in [3.8, 4) is 0 Å². The minimum absolute atomic E-state index is 0.351. The maximum Gasteiger partial charge on any atom is 0.0125 e. The molecule has 1 rings (SSSR count). The van der Waals surface area contributed by atoms with Gasteiger partial charge in [-0.15, -0.1) is 0 Å². The molecule has 0 amide bonds. The van der Waals surface area contributed by atoms with E-state index in [1.165, 1.54) is 25.9 Å². The van der Waals surface area contributed by atoms with Crippen molar-refractivity contribution >= 4 is 0 Å². The minimum Gasteiger partial charge on any atom is -0.298 e. The monoisotopic (exact) mass is 197 g/mol. The summed E-state index contributed by atoms with van der Waals surface area (Å²) >= 11 is 0. The van der Waals surface area contributed by atoms with Crippen LogP contribution in [0.4, 0.5) is 0 Å². The van der Waals surface area contributed by atoms with Crippen LogP contribution in [-0.4, -0.2) is 23.5 Å². The van der Waals surface area contributed by atoms with E-state index >= 15 is 0 Å². The average Bonchev–Trinajstić information content (AvgIpc) is 2.01. The first kappa shape index (κ1) is 12.0. The second-order valence-corrected chi connectivity index (χ2v) is 6.82. The lowest BCUT2D eigenvalue weighted by Crippen LogP contribution is -2.49. The Kier molecular flexibility index (Phi) is 3.30. The molecule has 0 saturated carbocycles. The molecule has 1 nitrogen and oxygen atoms in total. The third-order valence-electron chi connectivity index (χ3n) is 3.59. The van der Waals surface area contributed by atoms with Crippen molar-refractivity contribution in [1.29, 1.82) is 0 Å². The van der Waals surface area contributed by atoms with Crippen molar-refractivity contribution in [3.63, 3.8) is 0 Å². The number of rotatable bonds is 0. The van der Waals surface area contributed by atoms with Crippen molar-refractivity contribution in [1.82, 2.24) is 4.90 Å². The first-order valence-corrected chi connectivity index (χ1v) is 5.96. The van der Waals surface area contributed by atoms with Crippen LogP contribution < -0.4 is 0 Å². The highest BCUT2D eigenvalue weighted by Gasteiger charge is 2.33. The fourth-order valence-corrected chi connectivity index (χ4v) is 2.29. The first-order valence-electron chi connectivity index (χ1n) is 5.96. The van der Waals surface area contributed by atoms with Gasteiger partial charge < -0.3 is 0 Å². The van der Waals surface area contributed by atoms with E-state index in [1.807, 2.05) is 0 Å². The zero-order chi connectivity index (χ0) is 11.0. The predicted molar refractivity (Wildman–Crippen MR) is 63.5 cm³/mol. The molecule has 1 heterocycles. The molecule has 1 aliphatic rings. The van der Waals surface area contributed by atoms with Gasteiger partial charge in [-0.25, -0.2) is 0 Å². The van der Waals surface area contributed by atoms with E-state index in [1.54, 1.807) is 0 Å². The number of piperidine rings is 1. The number of likely N-dealkylation sites (tertiary alicyclic amines) is 1. The van der Waals surface area contributed by atoms with E-state index in [4.69, 9.17) is 0 Å². The summed E-state index contributed by atoms with van der Waals surface area (Å²) in [7, 11) is 0. The number of hydrogen-bond donors (Lipinski definition) is 0. The average molecular weight is 197 g/mol. The molecule has 0 aromatic carbocycles. The van der Waals surface area contributed by atoms with Gasteiger partial charge in [-0.2, -0.15) is 0 Å². The van der Waals surface area contributed by atoms with Crippen LogP contribution in [0.25, 0.3) is 0 Å². The Bertz CT molecular complexity index is 162. The molecule has 0 N–H and O–H groups in total. The molecule has 1 unspecified atom stereocenters. The Morgan fingerprint density at radius 2 is 1.57 bits per heavy atom. The third-order valence-corrected chi connectivity index (χ3v) is 3.59. The Morgan fingerprint density at radius 1 is 1.00 bits per heavy atom. The van der Waals surface area contributed by atoms with Gasteiger partial charge in [0.2, 0.25) is 0 Å². The summed E-state index contributed by atoms with van der Waals surface area (Å²) < 4.78 is 0. The lowest BCUT2D eigenvalue weighted by atomic mass is 9.75. The second-order valence-electron chi connectivity index (χ2n) is 6.82. The highest BCUT2D eigenvalue weighted by molar-refractivity contribution is 4.86. The van der Waals surface area contributed by atoms with Crippen molar-refractivity contribution in [2.45, 2.75) is 59.9 Å². The SMILES string of the molecule is CC(C)(C)C1CCCN(C(C)(C)C)C1. The molecule has 0 aromatic rings. The van der Waals surface area contributed by atoms with Gasteiger partial charge >= 0.3 is 0 Å². The van der Waals surface area contributed by atoms with Crippen molar-refractivity contribution in [2.24, 2.45) is 11.3 Å². The summed E-state index contributed by atoms with van der Waals surface area (Å²) in [6.45, 7) is 16.7. The van der Waals surface area contributed by atoms with Gasteiger partial charge in [0.05, 0.1) is 0 Å². The lowest BCUT2D eigenvalue weighted by Gasteiger charge is -2.45. The first-order chi connectivity index (χ1) is 6.21. The van der Waals surface area contributed by atoms with E-state index in [0.717, 1.165) is 5.92 Å². The van der Waals surface area contributed by atoms with Gasteiger partial charge in [-0.3, -0.25) is 4.90 Å². The topological polar surface area (TPSA) is 3.24 Å². The van der Waals surface area contributed by atoms with E-state index < -0.39 is 0 Å². The molecule has 1 saturated heterocycles. The molecule has 0 aromatic heterocycles. The molecule has 14 heavy (non-hydrogen) atoms. The van der Waals surface area contributed by atoms with E-state index in [0.29, 0.717) is 11.0 Å². The fourth-order valence-electron chi connectivity index (χ4n) is 2.29. The van der Waals surface area contributed by atoms with Crippen LogP contribution in [0.5, 0.6) is 0 Å². The summed E-state index contributed by atoms with van der Waals surface area (Å²) in [5.74, 6) is 0.871. The minimum atomic E-state index is 0.351. The van der Waals surface area contributed by atoms with Gasteiger partial charge in [0, 0.05) is 12.1 Å². The normalized spacial score (nSPS) is 26.6. The standard InChI is InChI=1S/C13H27N/c1-12(2,3)11-8-7-9-14(10-11)13(4,5)6/h11H,7-10H2,1-6H3. The number of nitrogens with zero attached hydrogens (tertiary/aromatic N) is 1. The van der Waals surface area contributed by atoms with Gasteiger partial charge in [0.15, 0.2) is 0 Å². The molecule has 1 aliphatic heterocycles.